The van der Waals surface area contributed by atoms with E-state index in [1.807, 2.05) is 13.8 Å². The van der Waals surface area contributed by atoms with Crippen LogP contribution in [0.2, 0.25) is 0 Å². The summed E-state index contributed by atoms with van der Waals surface area (Å²) in [5.41, 5.74) is 1.80. The molecule has 0 radical (unpaired) electrons. The summed E-state index contributed by atoms with van der Waals surface area (Å²) >= 11 is 0. The first kappa shape index (κ1) is 24.4. The van der Waals surface area contributed by atoms with Gasteiger partial charge in [-0.2, -0.15) is 0 Å². The van der Waals surface area contributed by atoms with Crippen LogP contribution in [0.25, 0.3) is 0 Å². The van der Waals surface area contributed by atoms with Crippen molar-refractivity contribution < 1.29 is 23.6 Å². The average molecular weight is 496 g/mol. The highest BCUT2D eigenvalue weighted by Gasteiger charge is 2.48. The van der Waals surface area contributed by atoms with Crippen molar-refractivity contribution in [2.75, 3.05) is 23.8 Å². The van der Waals surface area contributed by atoms with Gasteiger partial charge in [-0.3, -0.25) is 14.4 Å². The zero-order chi connectivity index (χ0) is 25.3. The Bertz CT molecular complexity index is 1150. The standard InChI is InChI=1S/C26H33N5O5/c1-15(2)21-17(14-36-31-21)23(32)30-22(16-6-4-3-5-7-16)24(33)29-20-12-19-18(13-27-20)26(25(34)28-19)8-10-35-11-9-26/h12-16,22H,3-11H2,1-2H3,(H,28,34)(H,30,32)(H,27,29,33). The van der Waals surface area contributed by atoms with E-state index in [4.69, 9.17) is 9.26 Å². The third kappa shape index (κ3) is 4.50. The Morgan fingerprint density at radius 1 is 1.17 bits per heavy atom. The minimum Gasteiger partial charge on any atom is -0.381 e. The zero-order valence-corrected chi connectivity index (χ0v) is 20.8. The lowest BCUT2D eigenvalue weighted by molar-refractivity contribution is -0.124. The number of amides is 3. The van der Waals surface area contributed by atoms with Crippen LogP contribution in [0, 0.1) is 5.92 Å². The van der Waals surface area contributed by atoms with E-state index >= 15 is 0 Å². The molecule has 3 amide bonds. The summed E-state index contributed by atoms with van der Waals surface area (Å²) in [7, 11) is 0. The number of fused-ring (bicyclic) bond motifs is 2. The summed E-state index contributed by atoms with van der Waals surface area (Å²) in [5, 5.41) is 12.7. The zero-order valence-electron chi connectivity index (χ0n) is 20.8. The molecule has 2 aromatic heterocycles. The van der Waals surface area contributed by atoms with Crippen LogP contribution in [0.5, 0.6) is 0 Å². The van der Waals surface area contributed by atoms with Gasteiger partial charge in [-0.15, -0.1) is 0 Å². The predicted octanol–water partition coefficient (Wildman–Crippen LogP) is 3.51. The van der Waals surface area contributed by atoms with Crippen molar-refractivity contribution in [1.29, 1.82) is 0 Å². The smallest absolute Gasteiger partial charge is 0.257 e. The number of anilines is 2. The molecule has 1 saturated heterocycles. The number of carbonyl (C=O) groups excluding carboxylic acids is 3. The van der Waals surface area contributed by atoms with E-state index in [1.54, 1.807) is 12.3 Å². The number of hydrogen-bond acceptors (Lipinski definition) is 7. The lowest BCUT2D eigenvalue weighted by atomic mass is 9.76. The molecule has 1 atom stereocenters. The molecule has 10 nitrogen and oxygen atoms in total. The van der Waals surface area contributed by atoms with Gasteiger partial charge < -0.3 is 25.2 Å². The molecule has 1 unspecified atom stereocenters. The van der Waals surface area contributed by atoms with Gasteiger partial charge in [0.05, 0.1) is 16.8 Å². The second kappa shape index (κ2) is 10.0. The Labute approximate surface area is 209 Å². The van der Waals surface area contributed by atoms with Crippen molar-refractivity contribution in [2.24, 2.45) is 5.92 Å². The van der Waals surface area contributed by atoms with Gasteiger partial charge in [0.1, 0.15) is 23.7 Å². The third-order valence-electron chi connectivity index (χ3n) is 7.78. The normalized spacial score (nSPS) is 20.1. The molecule has 0 bridgehead atoms. The molecular weight excluding hydrogens is 462 g/mol. The molecule has 2 aromatic rings. The van der Waals surface area contributed by atoms with Crippen molar-refractivity contribution in [3.63, 3.8) is 0 Å². The summed E-state index contributed by atoms with van der Waals surface area (Å²) < 4.78 is 10.5. The summed E-state index contributed by atoms with van der Waals surface area (Å²) in [5.74, 6) is -0.378. The van der Waals surface area contributed by atoms with Gasteiger partial charge in [-0.1, -0.05) is 38.3 Å². The molecule has 1 spiro atoms. The highest BCUT2D eigenvalue weighted by atomic mass is 16.5. The van der Waals surface area contributed by atoms with E-state index < -0.39 is 11.5 Å². The molecule has 1 saturated carbocycles. The van der Waals surface area contributed by atoms with Crippen LogP contribution in [-0.2, 0) is 19.7 Å². The molecule has 3 N–H and O–H groups in total. The van der Waals surface area contributed by atoms with Crippen LogP contribution in [0.1, 0.15) is 86.3 Å². The number of rotatable bonds is 6. The summed E-state index contributed by atoms with van der Waals surface area (Å²) in [6.07, 6.45) is 9.10. The number of nitrogens with one attached hydrogen (secondary N) is 3. The number of carbonyl (C=O) groups is 3. The number of ether oxygens (including phenoxy) is 1. The summed E-state index contributed by atoms with van der Waals surface area (Å²) in [6.45, 7) is 4.92. The van der Waals surface area contributed by atoms with Gasteiger partial charge in [0, 0.05) is 31.0 Å². The maximum atomic E-state index is 13.5. The van der Waals surface area contributed by atoms with Crippen molar-refractivity contribution in [2.45, 2.75) is 76.2 Å². The molecular formula is C26H33N5O5. The van der Waals surface area contributed by atoms with Crippen LogP contribution in [0.15, 0.2) is 23.0 Å². The molecule has 36 heavy (non-hydrogen) atoms. The van der Waals surface area contributed by atoms with Crippen molar-refractivity contribution in [1.82, 2.24) is 15.5 Å². The predicted molar refractivity (Wildman–Crippen MR) is 132 cm³/mol. The summed E-state index contributed by atoms with van der Waals surface area (Å²) in [6, 6.07) is 0.977. The topological polar surface area (TPSA) is 135 Å². The molecule has 0 aromatic carbocycles. The van der Waals surface area contributed by atoms with E-state index in [2.05, 4.69) is 26.1 Å². The Kier molecular flexibility index (Phi) is 6.79. The first-order chi connectivity index (χ1) is 17.4. The van der Waals surface area contributed by atoms with E-state index in [1.165, 1.54) is 6.26 Å². The second-order valence-electron chi connectivity index (χ2n) is 10.4. The van der Waals surface area contributed by atoms with Crippen LogP contribution >= 0.6 is 0 Å². The van der Waals surface area contributed by atoms with Crippen molar-refractivity contribution >= 4 is 29.2 Å². The van der Waals surface area contributed by atoms with Crippen LogP contribution in [0.4, 0.5) is 11.5 Å². The van der Waals surface area contributed by atoms with E-state index in [0.717, 1.165) is 37.7 Å². The van der Waals surface area contributed by atoms with Gasteiger partial charge in [-0.25, -0.2) is 4.98 Å². The third-order valence-corrected chi connectivity index (χ3v) is 7.78. The van der Waals surface area contributed by atoms with E-state index in [0.29, 0.717) is 48.8 Å². The lowest BCUT2D eigenvalue weighted by Gasteiger charge is -2.31. The highest BCUT2D eigenvalue weighted by Crippen LogP contribution is 2.44. The van der Waals surface area contributed by atoms with Gasteiger partial charge in [0.2, 0.25) is 11.8 Å². The molecule has 4 heterocycles. The first-order valence-corrected chi connectivity index (χ1v) is 12.8. The summed E-state index contributed by atoms with van der Waals surface area (Å²) in [4.78, 5) is 43.9. The Balaban J connectivity index is 1.35. The maximum absolute atomic E-state index is 13.5. The second-order valence-corrected chi connectivity index (χ2v) is 10.4. The number of nitrogens with zero attached hydrogens (tertiary/aromatic N) is 2. The molecule has 3 aliphatic rings. The van der Waals surface area contributed by atoms with Crippen LogP contribution in [-0.4, -0.2) is 47.1 Å². The monoisotopic (exact) mass is 495 g/mol. The number of aromatic nitrogens is 2. The van der Waals surface area contributed by atoms with E-state index in [-0.39, 0.29) is 29.6 Å². The maximum Gasteiger partial charge on any atom is 0.257 e. The molecule has 10 heteroatoms. The molecule has 192 valence electrons. The first-order valence-electron chi connectivity index (χ1n) is 12.8. The van der Waals surface area contributed by atoms with Crippen molar-refractivity contribution in [3.8, 4) is 0 Å². The number of hydrogen-bond donors (Lipinski definition) is 3. The quantitative estimate of drug-likeness (QED) is 0.558. The lowest BCUT2D eigenvalue weighted by Crippen LogP contribution is -2.49. The largest absolute Gasteiger partial charge is 0.381 e. The number of pyridine rings is 1. The van der Waals surface area contributed by atoms with Crippen LogP contribution < -0.4 is 16.0 Å². The fraction of sp³-hybridized carbons (Fsp3) is 0.577. The van der Waals surface area contributed by atoms with Gasteiger partial charge in [0.15, 0.2) is 0 Å². The highest BCUT2D eigenvalue weighted by molar-refractivity contribution is 6.07. The molecule has 1 aliphatic carbocycles. The minimum atomic E-state index is -0.723. The minimum absolute atomic E-state index is 0.0105. The van der Waals surface area contributed by atoms with E-state index in [9.17, 15) is 14.4 Å². The Morgan fingerprint density at radius 2 is 1.92 bits per heavy atom. The van der Waals surface area contributed by atoms with Gasteiger partial charge >= 0.3 is 0 Å². The molecule has 2 fully saturated rings. The average Bonchev–Trinajstić information content (AvgIpc) is 3.47. The fourth-order valence-electron chi connectivity index (χ4n) is 5.71. The van der Waals surface area contributed by atoms with Gasteiger partial charge in [0.25, 0.3) is 5.91 Å². The molecule has 2 aliphatic heterocycles. The Hall–Kier alpha value is -3.27. The molecule has 5 rings (SSSR count). The SMILES string of the molecule is CC(C)c1nocc1C(=O)NC(C(=O)Nc1cc2c(cn1)C1(CCOCC1)C(=O)N2)C1CCCCC1. The van der Waals surface area contributed by atoms with Gasteiger partial charge in [-0.05, 0) is 37.5 Å². The van der Waals surface area contributed by atoms with Crippen LogP contribution in [0.3, 0.4) is 0 Å². The van der Waals surface area contributed by atoms with Crippen molar-refractivity contribution in [3.05, 3.63) is 35.3 Å². The Morgan fingerprint density at radius 3 is 2.64 bits per heavy atom. The fourth-order valence-corrected chi connectivity index (χ4v) is 5.71.